The van der Waals surface area contributed by atoms with Gasteiger partial charge in [-0.05, 0) is 31.8 Å². The molecule has 0 fully saturated rings. The molecule has 24 heavy (non-hydrogen) atoms. The van der Waals surface area contributed by atoms with Crippen molar-refractivity contribution in [3.05, 3.63) is 59.3 Å². The average Bonchev–Trinajstić information content (AvgIpc) is 2.52. The van der Waals surface area contributed by atoms with Crippen molar-refractivity contribution in [3.63, 3.8) is 0 Å². The van der Waals surface area contributed by atoms with Crippen LogP contribution in [0.1, 0.15) is 21.6 Å². The standard InChI is InChI=1S/C16H19N2O5P/c1-18(2)10-14-8-13(9-15(17-14)24(20,21)22)16(19)23-11-12-6-4-3-5-7-12/h3-9H,10-11H2,1-2H3,(H2,20,21,22). The van der Waals surface area contributed by atoms with Gasteiger partial charge in [-0.25, -0.2) is 9.78 Å². The number of rotatable bonds is 6. The van der Waals surface area contributed by atoms with Crippen LogP contribution in [0, 0.1) is 0 Å². The molecule has 2 N–H and O–H groups in total. The van der Waals surface area contributed by atoms with Gasteiger partial charge >= 0.3 is 13.6 Å². The smallest absolute Gasteiger partial charge is 0.374 e. The van der Waals surface area contributed by atoms with Crippen molar-refractivity contribution in [3.8, 4) is 0 Å². The fourth-order valence-electron chi connectivity index (χ4n) is 2.05. The first-order chi connectivity index (χ1) is 11.3. The molecule has 0 aliphatic carbocycles. The van der Waals surface area contributed by atoms with E-state index in [1.807, 2.05) is 30.3 Å². The third-order valence-corrected chi connectivity index (χ3v) is 3.92. The van der Waals surface area contributed by atoms with Gasteiger partial charge in [-0.2, -0.15) is 0 Å². The van der Waals surface area contributed by atoms with Gasteiger partial charge in [-0.1, -0.05) is 30.3 Å². The summed E-state index contributed by atoms with van der Waals surface area (Å²) in [5, 5.41) is 0. The molecular formula is C16H19N2O5P. The molecule has 0 bridgehead atoms. The summed E-state index contributed by atoms with van der Waals surface area (Å²) in [5.74, 6) is -0.657. The summed E-state index contributed by atoms with van der Waals surface area (Å²) in [7, 11) is -0.988. The molecule has 2 aromatic rings. The zero-order valence-electron chi connectivity index (χ0n) is 13.4. The number of hydrogen-bond donors (Lipinski definition) is 2. The molecule has 2 rings (SSSR count). The number of benzene rings is 1. The largest absolute Gasteiger partial charge is 0.457 e. The number of carbonyl (C=O) groups is 1. The number of carbonyl (C=O) groups excluding carboxylic acids is 1. The molecule has 0 atom stereocenters. The van der Waals surface area contributed by atoms with Gasteiger partial charge in [0.25, 0.3) is 0 Å². The van der Waals surface area contributed by atoms with Gasteiger partial charge < -0.3 is 19.4 Å². The van der Waals surface area contributed by atoms with E-state index in [0.29, 0.717) is 12.2 Å². The topological polar surface area (TPSA) is 100.0 Å². The molecule has 1 heterocycles. The molecule has 1 aromatic heterocycles. The predicted molar refractivity (Wildman–Crippen MR) is 88.9 cm³/mol. The Balaban J connectivity index is 2.23. The molecule has 0 radical (unpaired) electrons. The monoisotopic (exact) mass is 350 g/mol. The van der Waals surface area contributed by atoms with Crippen LogP contribution in [-0.4, -0.2) is 39.7 Å². The molecule has 128 valence electrons. The Morgan fingerprint density at radius 2 is 1.88 bits per heavy atom. The lowest BCUT2D eigenvalue weighted by Crippen LogP contribution is -2.20. The Bertz CT molecular complexity index is 758. The van der Waals surface area contributed by atoms with Crippen LogP contribution in [0.3, 0.4) is 0 Å². The zero-order chi connectivity index (χ0) is 17.7. The van der Waals surface area contributed by atoms with E-state index in [2.05, 4.69) is 4.98 Å². The van der Waals surface area contributed by atoms with Gasteiger partial charge in [0, 0.05) is 6.54 Å². The molecule has 0 aliphatic rings. The van der Waals surface area contributed by atoms with Crippen LogP contribution in [0.15, 0.2) is 42.5 Å². The highest BCUT2D eigenvalue weighted by Crippen LogP contribution is 2.32. The summed E-state index contributed by atoms with van der Waals surface area (Å²) in [6.07, 6.45) is 0. The van der Waals surface area contributed by atoms with E-state index >= 15 is 0 Å². The Morgan fingerprint density at radius 1 is 1.21 bits per heavy atom. The fraction of sp³-hybridized carbons (Fsp3) is 0.250. The number of aromatic nitrogens is 1. The van der Waals surface area contributed by atoms with Crippen molar-refractivity contribution >= 4 is 19.0 Å². The molecular weight excluding hydrogens is 331 g/mol. The van der Waals surface area contributed by atoms with Crippen LogP contribution in [-0.2, 0) is 22.5 Å². The van der Waals surface area contributed by atoms with E-state index in [-0.39, 0.29) is 12.2 Å². The number of ether oxygens (including phenoxy) is 1. The molecule has 8 heteroatoms. The van der Waals surface area contributed by atoms with E-state index in [4.69, 9.17) is 4.74 Å². The summed E-state index contributed by atoms with van der Waals surface area (Å²) in [6.45, 7) is 0.420. The van der Waals surface area contributed by atoms with Crippen LogP contribution in [0.25, 0.3) is 0 Å². The highest BCUT2D eigenvalue weighted by atomic mass is 31.2. The minimum Gasteiger partial charge on any atom is -0.457 e. The van der Waals surface area contributed by atoms with Crippen LogP contribution in [0.4, 0.5) is 0 Å². The Kier molecular flexibility index (Phi) is 5.85. The van der Waals surface area contributed by atoms with Crippen molar-refractivity contribution in [2.24, 2.45) is 0 Å². The third-order valence-electron chi connectivity index (χ3n) is 3.09. The van der Waals surface area contributed by atoms with E-state index in [1.165, 1.54) is 6.07 Å². The summed E-state index contributed by atoms with van der Waals surface area (Å²) in [6, 6.07) is 11.7. The quantitative estimate of drug-likeness (QED) is 0.598. The van der Waals surface area contributed by atoms with Crippen LogP contribution in [0.5, 0.6) is 0 Å². The van der Waals surface area contributed by atoms with E-state index in [0.717, 1.165) is 11.6 Å². The second-order valence-corrected chi connectivity index (χ2v) is 7.10. The third kappa shape index (κ3) is 5.25. The molecule has 0 saturated heterocycles. The second-order valence-electron chi connectivity index (χ2n) is 5.55. The number of esters is 1. The molecule has 0 unspecified atom stereocenters. The van der Waals surface area contributed by atoms with Gasteiger partial charge in [0.2, 0.25) is 0 Å². The Hall–Kier alpha value is -2.05. The Labute approximate surface area is 140 Å². The zero-order valence-corrected chi connectivity index (χ0v) is 14.3. The molecule has 0 spiro atoms. The number of pyridine rings is 1. The number of nitrogens with zero attached hydrogens (tertiary/aromatic N) is 2. The van der Waals surface area contributed by atoms with Crippen molar-refractivity contribution in [2.45, 2.75) is 13.2 Å². The highest BCUT2D eigenvalue weighted by molar-refractivity contribution is 7.60. The maximum Gasteiger partial charge on any atom is 0.374 e. The summed E-state index contributed by atoms with van der Waals surface area (Å²) in [5.41, 5.74) is 0.834. The van der Waals surface area contributed by atoms with Gasteiger partial charge in [-0.3, -0.25) is 4.57 Å². The maximum atomic E-state index is 12.2. The van der Waals surface area contributed by atoms with E-state index in [1.54, 1.807) is 19.0 Å². The SMILES string of the molecule is CN(C)Cc1cc(C(=O)OCc2ccccc2)cc(P(=O)(O)O)n1. The van der Waals surface area contributed by atoms with Crippen molar-refractivity contribution in [2.75, 3.05) is 14.1 Å². The summed E-state index contributed by atoms with van der Waals surface area (Å²) >= 11 is 0. The van der Waals surface area contributed by atoms with E-state index < -0.39 is 19.0 Å². The average molecular weight is 350 g/mol. The van der Waals surface area contributed by atoms with Crippen LogP contribution >= 0.6 is 7.60 Å². The van der Waals surface area contributed by atoms with Gasteiger partial charge in [0.1, 0.15) is 6.61 Å². The van der Waals surface area contributed by atoms with E-state index in [9.17, 15) is 19.1 Å². The first kappa shape index (κ1) is 18.3. The summed E-state index contributed by atoms with van der Waals surface area (Å²) in [4.78, 5) is 36.6. The van der Waals surface area contributed by atoms with Crippen molar-refractivity contribution in [1.82, 2.24) is 9.88 Å². The van der Waals surface area contributed by atoms with Gasteiger partial charge in [0.15, 0.2) is 5.44 Å². The predicted octanol–water partition coefficient (Wildman–Crippen LogP) is 1.30. The normalized spacial score (nSPS) is 11.5. The van der Waals surface area contributed by atoms with Gasteiger partial charge in [0.05, 0.1) is 11.3 Å². The highest BCUT2D eigenvalue weighted by Gasteiger charge is 2.23. The van der Waals surface area contributed by atoms with Crippen molar-refractivity contribution < 1.29 is 23.9 Å². The maximum absolute atomic E-state index is 12.2. The molecule has 7 nitrogen and oxygen atoms in total. The lowest BCUT2D eigenvalue weighted by molar-refractivity contribution is 0.0472. The second kappa shape index (κ2) is 7.68. The van der Waals surface area contributed by atoms with Crippen molar-refractivity contribution in [1.29, 1.82) is 0 Å². The first-order valence-electron chi connectivity index (χ1n) is 7.18. The van der Waals surface area contributed by atoms with Crippen LogP contribution < -0.4 is 5.44 Å². The molecule has 0 aliphatic heterocycles. The van der Waals surface area contributed by atoms with Gasteiger partial charge in [-0.15, -0.1) is 0 Å². The molecule has 1 aromatic carbocycles. The number of hydrogen-bond acceptors (Lipinski definition) is 5. The molecule has 0 amide bonds. The van der Waals surface area contributed by atoms with Crippen LogP contribution in [0.2, 0.25) is 0 Å². The minimum atomic E-state index is -4.57. The minimum absolute atomic E-state index is 0.0658. The lowest BCUT2D eigenvalue weighted by Gasteiger charge is -2.13. The fourth-order valence-corrected chi connectivity index (χ4v) is 2.62. The Morgan fingerprint density at radius 3 is 2.46 bits per heavy atom. The first-order valence-corrected chi connectivity index (χ1v) is 8.80. The lowest BCUT2D eigenvalue weighted by atomic mass is 10.2. The summed E-state index contributed by atoms with van der Waals surface area (Å²) < 4.78 is 16.7. The molecule has 0 saturated carbocycles.